The summed E-state index contributed by atoms with van der Waals surface area (Å²) in [4.78, 5) is 142. The SMILES string of the molecule is C=CC(=O)OCCOC(=O)CCC(=O)Oc1ccc(C(=O)Oc2ccc(OC(=O)c3ccc(OC(=O)CCC(=O)OCCOC(=O)C=C)cc3)c(C)c2)cc1.C=CC(=O)OCCOCCOc1ccc(C(=O)Oc2ccc(OC(=O)c3ccc(OCCOCCOC(=O)C=C)cc3)c(C)c2)cc1. The first-order chi connectivity index (χ1) is 49.1. The second-order valence-corrected chi connectivity index (χ2v) is 20.3. The topological polar surface area (TPSA) is 353 Å². The molecule has 0 aliphatic carbocycles. The van der Waals surface area contributed by atoms with Gasteiger partial charge in [0.25, 0.3) is 0 Å². The van der Waals surface area contributed by atoms with Crippen molar-refractivity contribution in [1.82, 2.24) is 0 Å². The van der Waals surface area contributed by atoms with Gasteiger partial charge in [-0.2, -0.15) is 0 Å². The van der Waals surface area contributed by atoms with Crippen LogP contribution in [-0.4, -0.2) is 151 Å². The standard InChI is InChI=1S/C39H36O16.C35H36O12/c1-4-32(40)48-20-22-50-34(42)16-18-36(44)52-28-10-6-26(7-11-28)38(46)54-30-14-15-31(25(3)24-30)55-39(47)27-8-12-29(13-9-27)53-37(45)19-17-35(43)51-23-21-49-33(41)5-2;1-4-32(36)44-22-18-40-16-20-42-28-10-6-26(7-11-28)34(38)46-30-14-15-31(25(3)24-30)47-35(39)27-8-12-29(13-9-27)43-21-17-41-19-23-45-33(37)5-2/h4-15,24H,1-2,16-23H2,3H3;4-15,24H,1-2,16-23H2,3H3. The first-order valence-electron chi connectivity index (χ1n) is 31.0. The van der Waals surface area contributed by atoms with Crippen molar-refractivity contribution < 1.29 is 133 Å². The van der Waals surface area contributed by atoms with Crippen LogP contribution in [-0.2, 0) is 76.3 Å². The largest absolute Gasteiger partial charge is 0.491 e. The third kappa shape index (κ3) is 30.9. The summed E-state index contributed by atoms with van der Waals surface area (Å²) in [6.45, 7) is 17.7. The minimum Gasteiger partial charge on any atom is -0.491 e. The molecule has 0 heterocycles. The first-order valence-corrected chi connectivity index (χ1v) is 31.0. The molecule has 0 aliphatic rings. The summed E-state index contributed by atoms with van der Waals surface area (Å²) < 4.78 is 82.7. The third-order valence-electron chi connectivity index (χ3n) is 12.8. The van der Waals surface area contributed by atoms with Crippen LogP contribution in [0.2, 0.25) is 0 Å². The number of ether oxygens (including phenoxy) is 16. The maximum absolute atomic E-state index is 12.8. The van der Waals surface area contributed by atoms with Crippen molar-refractivity contribution in [3.63, 3.8) is 0 Å². The Balaban J connectivity index is 0.000000372. The molecular weight excluding hydrogens is 1340 g/mol. The van der Waals surface area contributed by atoms with Crippen LogP contribution < -0.4 is 37.9 Å². The Bertz CT molecular complexity index is 3890. The molecule has 0 atom stereocenters. The van der Waals surface area contributed by atoms with Gasteiger partial charge in [-0.1, -0.05) is 26.3 Å². The highest BCUT2D eigenvalue weighted by molar-refractivity contribution is 5.94. The van der Waals surface area contributed by atoms with Gasteiger partial charge in [0, 0.05) is 24.3 Å². The van der Waals surface area contributed by atoms with Crippen LogP contribution in [0.3, 0.4) is 0 Å². The van der Waals surface area contributed by atoms with Gasteiger partial charge in [-0.05, 0) is 158 Å². The molecule has 6 aromatic carbocycles. The quantitative estimate of drug-likeness (QED) is 0.0114. The molecule has 28 heteroatoms. The molecule has 6 aromatic rings. The van der Waals surface area contributed by atoms with Gasteiger partial charge in [0.05, 0.1) is 74.4 Å². The minimum absolute atomic E-state index is 0.125. The molecule has 0 radical (unpaired) electrons. The minimum atomic E-state index is -0.715. The van der Waals surface area contributed by atoms with Crippen molar-refractivity contribution in [2.45, 2.75) is 39.5 Å². The molecule has 6 rings (SSSR count). The number of aryl methyl sites for hydroxylation is 2. The predicted molar refractivity (Wildman–Crippen MR) is 357 cm³/mol. The van der Waals surface area contributed by atoms with Gasteiger partial charge in [0.15, 0.2) is 0 Å². The summed E-state index contributed by atoms with van der Waals surface area (Å²) in [7, 11) is 0. The number of carbonyl (C=O) groups is 12. The maximum atomic E-state index is 12.8. The molecule has 0 bridgehead atoms. The van der Waals surface area contributed by atoms with Crippen molar-refractivity contribution in [3.8, 4) is 46.0 Å². The third-order valence-corrected chi connectivity index (χ3v) is 12.8. The Hall–Kier alpha value is -12.6. The van der Waals surface area contributed by atoms with Gasteiger partial charge in [-0.15, -0.1) is 0 Å². The van der Waals surface area contributed by atoms with Crippen molar-refractivity contribution in [2.75, 3.05) is 79.3 Å². The Morgan fingerprint density at radius 3 is 0.833 bits per heavy atom. The highest BCUT2D eigenvalue weighted by atomic mass is 16.6. The summed E-state index contributed by atoms with van der Waals surface area (Å²) in [5.41, 5.74) is 1.99. The first kappa shape index (κ1) is 80.1. The number of esters is 12. The fraction of sp³-hybridized carbons (Fsp3) is 0.243. The van der Waals surface area contributed by atoms with E-state index in [9.17, 15) is 57.5 Å². The average molecular weight is 1410 g/mol. The van der Waals surface area contributed by atoms with E-state index in [0.717, 1.165) is 24.3 Å². The van der Waals surface area contributed by atoms with Crippen LogP contribution in [0, 0.1) is 13.8 Å². The van der Waals surface area contributed by atoms with Crippen LogP contribution in [0.25, 0.3) is 0 Å². The van der Waals surface area contributed by atoms with Gasteiger partial charge in [-0.25, -0.2) is 38.4 Å². The van der Waals surface area contributed by atoms with E-state index in [2.05, 4.69) is 35.8 Å². The van der Waals surface area contributed by atoms with Crippen LogP contribution in [0.1, 0.15) is 78.2 Å². The summed E-state index contributed by atoms with van der Waals surface area (Å²) in [6, 6.07) is 32.9. The van der Waals surface area contributed by atoms with E-state index in [-0.39, 0.29) is 132 Å². The molecule has 0 aliphatic heterocycles. The second kappa shape index (κ2) is 44.4. The number of rotatable bonds is 40. The Morgan fingerprint density at radius 2 is 0.529 bits per heavy atom. The molecule has 102 heavy (non-hydrogen) atoms. The predicted octanol–water partition coefficient (Wildman–Crippen LogP) is 9.03. The van der Waals surface area contributed by atoms with E-state index >= 15 is 0 Å². The van der Waals surface area contributed by atoms with Gasteiger partial charge in [0.2, 0.25) is 0 Å². The highest BCUT2D eigenvalue weighted by Gasteiger charge is 2.19. The van der Waals surface area contributed by atoms with Crippen molar-refractivity contribution in [2.24, 2.45) is 0 Å². The van der Waals surface area contributed by atoms with Crippen molar-refractivity contribution >= 4 is 71.6 Å². The lowest BCUT2D eigenvalue weighted by atomic mass is 10.2. The molecule has 0 fully saturated rings. The lowest BCUT2D eigenvalue weighted by Crippen LogP contribution is -2.15. The monoisotopic (exact) mass is 1410 g/mol. The molecule has 0 N–H and O–H groups in total. The number of carbonyl (C=O) groups excluding carboxylic acids is 12. The Morgan fingerprint density at radius 1 is 0.275 bits per heavy atom. The average Bonchev–Trinajstić information content (AvgIpc) is 0.848. The summed E-state index contributed by atoms with van der Waals surface area (Å²) >= 11 is 0. The van der Waals surface area contributed by atoms with E-state index in [1.165, 1.54) is 72.8 Å². The molecule has 0 saturated carbocycles. The molecule has 0 aromatic heterocycles. The molecule has 0 unspecified atom stereocenters. The molecule has 28 nitrogen and oxygen atoms in total. The fourth-order valence-electron chi connectivity index (χ4n) is 7.73. The molecule has 0 spiro atoms. The van der Waals surface area contributed by atoms with Gasteiger partial charge < -0.3 is 75.8 Å². The van der Waals surface area contributed by atoms with Crippen LogP contribution in [0.5, 0.6) is 46.0 Å². The zero-order valence-electron chi connectivity index (χ0n) is 55.6. The lowest BCUT2D eigenvalue weighted by molar-refractivity contribution is -0.151. The summed E-state index contributed by atoms with van der Waals surface area (Å²) in [5.74, 6) is -5.37. The summed E-state index contributed by atoms with van der Waals surface area (Å²) in [5, 5.41) is 0. The fourth-order valence-corrected chi connectivity index (χ4v) is 7.73. The number of hydrogen-bond donors (Lipinski definition) is 0. The highest BCUT2D eigenvalue weighted by Crippen LogP contribution is 2.28. The van der Waals surface area contributed by atoms with Crippen LogP contribution in [0.15, 0.2) is 184 Å². The lowest BCUT2D eigenvalue weighted by Gasteiger charge is -2.11. The number of hydrogen-bond acceptors (Lipinski definition) is 28. The smallest absolute Gasteiger partial charge is 0.343 e. The van der Waals surface area contributed by atoms with E-state index in [4.69, 9.17) is 66.3 Å². The van der Waals surface area contributed by atoms with E-state index < -0.39 is 71.6 Å². The van der Waals surface area contributed by atoms with Crippen LogP contribution in [0.4, 0.5) is 0 Å². The Labute approximate surface area is 585 Å². The number of benzene rings is 6. The van der Waals surface area contributed by atoms with Crippen molar-refractivity contribution in [1.29, 1.82) is 0 Å². The second-order valence-electron chi connectivity index (χ2n) is 20.3. The summed E-state index contributed by atoms with van der Waals surface area (Å²) in [6.07, 6.45) is 3.06. The molecular formula is C74H72O28. The Kier molecular flexibility index (Phi) is 34.9. The normalized spacial score (nSPS) is 10.2. The van der Waals surface area contributed by atoms with Gasteiger partial charge in [0.1, 0.15) is 98.9 Å². The maximum Gasteiger partial charge on any atom is 0.343 e. The van der Waals surface area contributed by atoms with E-state index in [1.807, 2.05) is 0 Å². The zero-order valence-corrected chi connectivity index (χ0v) is 55.6. The molecule has 536 valence electrons. The van der Waals surface area contributed by atoms with Crippen molar-refractivity contribution in [3.05, 3.63) is 217 Å². The van der Waals surface area contributed by atoms with Gasteiger partial charge in [-0.3, -0.25) is 19.2 Å². The van der Waals surface area contributed by atoms with E-state index in [0.29, 0.717) is 52.7 Å². The van der Waals surface area contributed by atoms with Crippen LogP contribution >= 0.6 is 0 Å². The molecule has 0 amide bonds. The van der Waals surface area contributed by atoms with E-state index in [1.54, 1.807) is 74.5 Å². The molecule has 0 saturated heterocycles. The zero-order chi connectivity index (χ0) is 74.0. The van der Waals surface area contributed by atoms with Gasteiger partial charge >= 0.3 is 71.6 Å².